The number of hydrogen-bond acceptors (Lipinski definition) is 5. The van der Waals surface area contributed by atoms with E-state index in [-0.39, 0.29) is 31.2 Å². The summed E-state index contributed by atoms with van der Waals surface area (Å²) >= 11 is 1.57. The van der Waals surface area contributed by atoms with Crippen LogP contribution in [0, 0.1) is 6.92 Å². The zero-order valence-electron chi connectivity index (χ0n) is 22.2. The van der Waals surface area contributed by atoms with Crippen molar-refractivity contribution in [2.75, 3.05) is 12.5 Å². The molecule has 0 aliphatic rings. The van der Waals surface area contributed by atoms with Gasteiger partial charge < -0.3 is 0 Å². The van der Waals surface area contributed by atoms with Crippen LogP contribution in [-0.2, 0) is 33.1 Å². The van der Waals surface area contributed by atoms with Gasteiger partial charge in [-0.25, -0.2) is 0 Å². The van der Waals surface area contributed by atoms with E-state index in [0.29, 0.717) is 5.56 Å². The van der Waals surface area contributed by atoms with Gasteiger partial charge in [0, 0.05) is 31.3 Å². The highest BCUT2D eigenvalue weighted by atomic mass is 32.3. The molecule has 0 aliphatic carbocycles. The molecule has 41 heavy (non-hydrogen) atoms. The zero-order valence-corrected chi connectivity index (χ0v) is 24.6. The van der Waals surface area contributed by atoms with Gasteiger partial charge in [0.2, 0.25) is 0 Å². The highest BCUT2D eigenvalue weighted by Gasteiger charge is 2.33. The van der Waals surface area contributed by atoms with Crippen molar-refractivity contribution in [3.05, 3.63) is 89.0 Å². The summed E-state index contributed by atoms with van der Waals surface area (Å²) in [5.41, 5.74) is 0.420. The number of benzene rings is 1. The first-order valence-corrected chi connectivity index (χ1v) is 15.6. The fourth-order valence-corrected chi connectivity index (χ4v) is 6.46. The van der Waals surface area contributed by atoms with Gasteiger partial charge in [-0.3, -0.25) is 9.97 Å². The maximum absolute atomic E-state index is 12.6. The lowest BCUT2D eigenvalue weighted by atomic mass is 10.2. The zero-order chi connectivity index (χ0) is 29.6. The molecule has 1 aromatic carbocycles. The molecule has 0 N–H and O–H groups in total. The summed E-state index contributed by atoms with van der Waals surface area (Å²) in [4.78, 5) is 6.88. The lowest BCUT2D eigenvalue weighted by Gasteiger charge is -2.14. The van der Waals surface area contributed by atoms with Crippen LogP contribution in [0.1, 0.15) is 59.9 Å². The normalized spacial score (nSPS) is 14.0. The molecular weight excluding hydrogens is 607 g/mol. The first kappa shape index (κ1) is 38.6. The average molecular weight is 639 g/mol. The van der Waals surface area contributed by atoms with Crippen molar-refractivity contribution in [3.8, 4) is 0 Å². The Balaban J connectivity index is 0.000000857. The van der Waals surface area contributed by atoms with Gasteiger partial charge in [-0.1, -0.05) is 47.9 Å². The molecule has 3 unspecified atom stereocenters. The van der Waals surface area contributed by atoms with Crippen LogP contribution in [0.15, 0.2) is 69.6 Å². The van der Waals surface area contributed by atoms with E-state index in [1.54, 1.807) is 37.1 Å². The molecule has 0 saturated heterocycles. The van der Waals surface area contributed by atoms with Crippen LogP contribution in [-0.4, -0.2) is 39.3 Å². The topological polar surface area (TPSA) is 72.3 Å². The maximum atomic E-state index is 12.6. The molecule has 3 radical (unpaired) electrons. The van der Waals surface area contributed by atoms with E-state index >= 15 is 0 Å². The number of alkyl halides is 6. The lowest BCUT2D eigenvalue weighted by molar-refractivity contribution is -0.142. The highest BCUT2D eigenvalue weighted by Crippen LogP contribution is 2.31. The van der Waals surface area contributed by atoms with Gasteiger partial charge in [0.1, 0.15) is 11.4 Å². The number of halogens is 6. The van der Waals surface area contributed by atoms with E-state index in [1.807, 2.05) is 20.1 Å². The first-order valence-electron chi connectivity index (χ1n) is 11.2. The van der Waals surface area contributed by atoms with Crippen LogP contribution in [0.3, 0.4) is 0 Å². The van der Waals surface area contributed by atoms with E-state index in [1.165, 1.54) is 30.5 Å². The van der Waals surface area contributed by atoms with E-state index in [4.69, 9.17) is 0 Å². The fraction of sp³-hybridized carbons (Fsp3) is 0.385. The second-order valence-electron chi connectivity index (χ2n) is 8.36. The van der Waals surface area contributed by atoms with Crippen LogP contribution in [0.25, 0.3) is 0 Å². The lowest BCUT2D eigenvalue weighted by Crippen LogP contribution is -2.10. The van der Waals surface area contributed by atoms with Crippen LogP contribution in [0.4, 0.5) is 26.3 Å². The maximum Gasteiger partial charge on any atom is 0.433 e. The van der Waals surface area contributed by atoms with Crippen LogP contribution < -0.4 is 0 Å². The van der Waals surface area contributed by atoms with Crippen molar-refractivity contribution in [2.45, 2.75) is 55.9 Å². The SMILES string of the molecule is C.CSC(C)c1ccc(C(F)(F)F)nc1.Cc1ccc(S(=O)(=O)N=S(C)C(C)c2ccc(C(F)(F)F)nc2)cc1.[B]. The summed E-state index contributed by atoms with van der Waals surface area (Å²) < 4.78 is 103. The summed E-state index contributed by atoms with van der Waals surface area (Å²) in [6, 6.07) is 11.0. The molecule has 2 aromatic heterocycles. The number of sulfonamides is 1. The molecule has 0 spiro atoms. The molecule has 5 nitrogen and oxygen atoms in total. The monoisotopic (exact) mass is 638 g/mol. The Morgan fingerprint density at radius 3 is 1.63 bits per heavy atom. The largest absolute Gasteiger partial charge is 0.433 e. The van der Waals surface area contributed by atoms with Crippen LogP contribution in [0.5, 0.6) is 0 Å². The van der Waals surface area contributed by atoms with Gasteiger partial charge in [0.25, 0.3) is 10.0 Å². The second-order valence-corrected chi connectivity index (χ2v) is 13.3. The Morgan fingerprint density at radius 2 is 1.27 bits per heavy atom. The summed E-state index contributed by atoms with van der Waals surface area (Å²) in [6.07, 6.45) is -2.92. The van der Waals surface area contributed by atoms with Crippen molar-refractivity contribution in [1.29, 1.82) is 0 Å². The van der Waals surface area contributed by atoms with Crippen molar-refractivity contribution in [3.63, 3.8) is 0 Å². The third kappa shape index (κ3) is 11.4. The number of rotatable bonds is 6. The minimum absolute atomic E-state index is 0. The fourth-order valence-electron chi connectivity index (χ4n) is 2.93. The number of nitrogens with zero attached hydrogens (tertiary/aromatic N) is 3. The quantitative estimate of drug-likeness (QED) is 0.202. The predicted octanol–water partition coefficient (Wildman–Crippen LogP) is 8.07. The Hall–Kier alpha value is -2.39. The molecule has 3 aromatic rings. The summed E-state index contributed by atoms with van der Waals surface area (Å²) in [5.74, 6) is 0. The number of aromatic nitrogens is 2. The highest BCUT2D eigenvalue weighted by molar-refractivity contribution is 8.00. The summed E-state index contributed by atoms with van der Waals surface area (Å²) in [6.45, 7) is 5.48. The smallest absolute Gasteiger partial charge is 0.251 e. The molecule has 0 saturated carbocycles. The predicted molar refractivity (Wildman–Crippen MR) is 155 cm³/mol. The molecular formula is C26H31BF6N3O2S3. The van der Waals surface area contributed by atoms with Crippen molar-refractivity contribution < 1.29 is 34.8 Å². The minimum atomic E-state index is -4.51. The number of aryl methyl sites for hydroxylation is 1. The second kappa shape index (κ2) is 15.7. The van der Waals surface area contributed by atoms with Gasteiger partial charge >= 0.3 is 12.4 Å². The third-order valence-corrected chi connectivity index (χ3v) is 10.4. The first-order chi connectivity index (χ1) is 18.0. The Morgan fingerprint density at radius 1 is 0.829 bits per heavy atom. The van der Waals surface area contributed by atoms with Crippen molar-refractivity contribution in [2.24, 2.45) is 3.77 Å². The van der Waals surface area contributed by atoms with Gasteiger partial charge in [-0.05, 0) is 68.7 Å². The molecule has 3 rings (SSSR count). The van der Waals surface area contributed by atoms with Crippen molar-refractivity contribution >= 4 is 40.9 Å². The van der Waals surface area contributed by atoms with Crippen LogP contribution >= 0.6 is 11.8 Å². The van der Waals surface area contributed by atoms with Crippen LogP contribution in [0.2, 0.25) is 0 Å². The summed E-state index contributed by atoms with van der Waals surface area (Å²) in [5, 5.41) is -0.209. The molecule has 2 heterocycles. The Kier molecular flexibility index (Phi) is 14.8. The molecule has 0 fully saturated rings. The molecule has 225 valence electrons. The molecule has 3 atom stereocenters. The van der Waals surface area contributed by atoms with Gasteiger partial charge in [-0.2, -0.15) is 46.5 Å². The van der Waals surface area contributed by atoms with E-state index in [0.717, 1.165) is 29.5 Å². The number of hydrogen-bond donors (Lipinski definition) is 0. The van der Waals surface area contributed by atoms with Gasteiger partial charge in [0.05, 0.1) is 4.90 Å². The molecule has 0 aliphatic heterocycles. The standard InChI is InChI=1S/C16H17F3N2O2S2.C9H10F3NS.CH4.B/c1-11-4-7-14(8-5-11)25(22,23)21-24(3)12(2)13-6-9-15(20-10-13)16(17,18)19;1-6(14-2)7-3-4-8(13-5-7)9(10,11)12;;/h4-10,12H,1-3H3;3-6H,1-2H3;1H4;. The molecule has 0 amide bonds. The molecule has 15 heteroatoms. The summed E-state index contributed by atoms with van der Waals surface area (Å²) in [7, 11) is -4.78. The number of pyridine rings is 2. The van der Waals surface area contributed by atoms with Gasteiger partial charge in [0.15, 0.2) is 0 Å². The third-order valence-electron chi connectivity index (χ3n) is 5.49. The van der Waals surface area contributed by atoms with Gasteiger partial charge in [-0.15, -0.1) is 3.77 Å². The minimum Gasteiger partial charge on any atom is -0.251 e. The Labute approximate surface area is 246 Å². The van der Waals surface area contributed by atoms with E-state index in [9.17, 15) is 34.8 Å². The Bertz CT molecular complexity index is 1370. The number of thioether (sulfide) groups is 1. The van der Waals surface area contributed by atoms with E-state index < -0.39 is 44.5 Å². The van der Waals surface area contributed by atoms with E-state index in [2.05, 4.69) is 13.7 Å². The van der Waals surface area contributed by atoms with Crippen molar-refractivity contribution in [1.82, 2.24) is 9.97 Å². The molecule has 0 bridgehead atoms. The average Bonchev–Trinajstić information content (AvgIpc) is 2.87.